The summed E-state index contributed by atoms with van der Waals surface area (Å²) in [7, 11) is -2.02. The number of aromatic nitrogens is 1. The molecule has 0 saturated carbocycles. The minimum absolute atomic E-state index is 0.0197. The Labute approximate surface area is 240 Å². The van der Waals surface area contributed by atoms with Crippen LogP contribution in [0.25, 0.3) is 0 Å². The van der Waals surface area contributed by atoms with E-state index in [1.807, 2.05) is 45.0 Å². The summed E-state index contributed by atoms with van der Waals surface area (Å²) >= 11 is 2.46. The summed E-state index contributed by atoms with van der Waals surface area (Å²) in [6, 6.07) is 7.84. The maximum atomic E-state index is 11.8. The molecule has 1 aromatic heterocycles. The third-order valence-corrected chi connectivity index (χ3v) is 13.4. The lowest BCUT2D eigenvalue weighted by molar-refractivity contribution is 0.104. The van der Waals surface area contributed by atoms with E-state index in [0.717, 1.165) is 44.7 Å². The quantitative estimate of drug-likeness (QED) is 0.254. The van der Waals surface area contributed by atoms with Crippen molar-refractivity contribution in [3.8, 4) is 5.75 Å². The first-order valence-electron chi connectivity index (χ1n) is 13.6. The summed E-state index contributed by atoms with van der Waals surface area (Å²) in [6.45, 7) is 26.6. The fourth-order valence-electron chi connectivity index (χ4n) is 4.81. The van der Waals surface area contributed by atoms with Crippen LogP contribution < -0.4 is 4.74 Å². The molecule has 0 aliphatic heterocycles. The number of hydrogen-bond donors (Lipinski definition) is 1. The number of aliphatic hydroxyl groups is 1. The Hall–Kier alpha value is -0.963. The predicted octanol–water partition coefficient (Wildman–Crippen LogP) is 9.10. The molecule has 37 heavy (non-hydrogen) atoms. The first-order valence-corrected chi connectivity index (χ1v) is 17.6. The highest BCUT2D eigenvalue weighted by Crippen LogP contribution is 2.50. The van der Waals surface area contributed by atoms with Crippen molar-refractivity contribution in [1.82, 2.24) is 4.98 Å². The predicted molar refractivity (Wildman–Crippen MR) is 165 cm³/mol. The minimum Gasteiger partial charge on any atom is -0.488 e. The van der Waals surface area contributed by atoms with Gasteiger partial charge >= 0.3 is 0 Å². The molecule has 0 saturated heterocycles. The van der Waals surface area contributed by atoms with Crippen molar-refractivity contribution in [3.63, 3.8) is 0 Å². The fraction of sp³-hybridized carbons (Fsp3) is 0.645. The van der Waals surface area contributed by atoms with Crippen LogP contribution in [0.15, 0.2) is 24.3 Å². The summed E-state index contributed by atoms with van der Waals surface area (Å²) in [5, 5.41) is 11.9. The van der Waals surface area contributed by atoms with Crippen LogP contribution in [0.5, 0.6) is 5.75 Å². The van der Waals surface area contributed by atoms with Crippen molar-refractivity contribution in [2.75, 3.05) is 0 Å². The number of pyridine rings is 1. The van der Waals surface area contributed by atoms with Crippen LogP contribution in [0.4, 0.5) is 0 Å². The minimum atomic E-state index is -2.02. The Balaban J connectivity index is 2.13. The van der Waals surface area contributed by atoms with Gasteiger partial charge in [0.2, 0.25) is 0 Å². The van der Waals surface area contributed by atoms with Gasteiger partial charge in [0.15, 0.2) is 8.32 Å². The van der Waals surface area contributed by atoms with Crippen LogP contribution in [-0.4, -0.2) is 24.0 Å². The van der Waals surface area contributed by atoms with E-state index in [4.69, 9.17) is 14.1 Å². The number of hydrogen-bond acceptors (Lipinski definition) is 4. The molecule has 3 rings (SSSR count). The lowest BCUT2D eigenvalue weighted by atomic mass is 9.74. The van der Waals surface area contributed by atoms with E-state index in [9.17, 15) is 5.11 Å². The molecule has 4 nitrogen and oxygen atoms in total. The highest BCUT2D eigenvalue weighted by molar-refractivity contribution is 14.1. The van der Waals surface area contributed by atoms with Crippen molar-refractivity contribution in [3.05, 3.63) is 55.9 Å². The molecule has 0 radical (unpaired) electrons. The molecule has 1 aliphatic rings. The first kappa shape index (κ1) is 30.6. The molecular formula is C31H48INO3Si. The van der Waals surface area contributed by atoms with Crippen LogP contribution in [0.1, 0.15) is 122 Å². The maximum absolute atomic E-state index is 11.8. The molecule has 1 aliphatic carbocycles. The monoisotopic (exact) mass is 637 g/mol. The normalized spacial score (nSPS) is 19.1. The van der Waals surface area contributed by atoms with E-state index in [-0.39, 0.29) is 28.1 Å². The van der Waals surface area contributed by atoms with Crippen LogP contribution in [0, 0.1) is 8.99 Å². The first-order chi connectivity index (χ1) is 16.7. The van der Waals surface area contributed by atoms with Crippen molar-refractivity contribution in [2.45, 2.75) is 124 Å². The Morgan fingerprint density at radius 3 is 2.11 bits per heavy atom. The fourth-order valence-corrected chi connectivity index (χ4v) is 7.31. The number of nitrogens with zero attached hydrogens (tertiary/aromatic N) is 1. The molecule has 206 valence electrons. The zero-order valence-electron chi connectivity index (χ0n) is 25.0. The van der Waals surface area contributed by atoms with Gasteiger partial charge in [-0.05, 0) is 103 Å². The van der Waals surface area contributed by atoms with Gasteiger partial charge in [0.1, 0.15) is 17.5 Å². The summed E-state index contributed by atoms with van der Waals surface area (Å²) < 4.78 is 14.2. The Morgan fingerprint density at radius 1 is 1.05 bits per heavy atom. The number of benzene rings is 1. The second-order valence-electron chi connectivity index (χ2n) is 14.3. The van der Waals surface area contributed by atoms with Gasteiger partial charge in [-0.15, -0.1) is 0 Å². The standard InChI is InChI=1S/C31H48INO3Si/c1-19(2)27-25(28(34)20-13-15-21(16-14-20)35-29(3,4)5)26(32)24-22(33-27)17-31(9,10)18-23(24)36-37(11,12)30(6,7)8/h13-16,19,23,28,34H,17-18H2,1-12H3/t23-,28-/m0/s1. The van der Waals surface area contributed by atoms with Crippen molar-refractivity contribution in [1.29, 1.82) is 0 Å². The molecule has 0 spiro atoms. The number of fused-ring (bicyclic) bond motifs is 1. The van der Waals surface area contributed by atoms with Crippen molar-refractivity contribution >= 4 is 30.9 Å². The molecule has 1 aromatic carbocycles. The van der Waals surface area contributed by atoms with E-state index >= 15 is 0 Å². The van der Waals surface area contributed by atoms with Gasteiger partial charge in [-0.3, -0.25) is 4.98 Å². The molecular weight excluding hydrogens is 589 g/mol. The Morgan fingerprint density at radius 2 is 1.62 bits per heavy atom. The molecule has 2 atom stereocenters. The zero-order chi connectivity index (χ0) is 28.1. The van der Waals surface area contributed by atoms with E-state index < -0.39 is 14.4 Å². The zero-order valence-corrected chi connectivity index (χ0v) is 28.2. The third kappa shape index (κ3) is 6.98. The van der Waals surface area contributed by atoms with Crippen LogP contribution >= 0.6 is 22.6 Å². The highest BCUT2D eigenvalue weighted by atomic mass is 127. The summed E-state index contributed by atoms with van der Waals surface area (Å²) in [4.78, 5) is 5.27. The number of aliphatic hydroxyl groups excluding tert-OH is 1. The van der Waals surface area contributed by atoms with Crippen molar-refractivity contribution < 1.29 is 14.3 Å². The molecule has 1 heterocycles. The van der Waals surface area contributed by atoms with E-state index in [1.54, 1.807) is 0 Å². The molecule has 0 amide bonds. The highest BCUT2D eigenvalue weighted by Gasteiger charge is 2.44. The van der Waals surface area contributed by atoms with Gasteiger partial charge in [0.25, 0.3) is 0 Å². The third-order valence-electron chi connectivity index (χ3n) is 7.70. The molecule has 0 bridgehead atoms. The molecule has 2 aromatic rings. The van der Waals surface area contributed by atoms with Crippen LogP contribution in [0.2, 0.25) is 18.1 Å². The largest absolute Gasteiger partial charge is 0.488 e. The van der Waals surface area contributed by atoms with Gasteiger partial charge < -0.3 is 14.3 Å². The van der Waals surface area contributed by atoms with Gasteiger partial charge in [0, 0.05) is 20.4 Å². The second-order valence-corrected chi connectivity index (χ2v) is 20.2. The molecule has 6 heteroatoms. The SMILES string of the molecule is CC(C)c1nc2c(c(I)c1[C@@H](O)c1ccc(OC(C)(C)C)cc1)[C@@H](O[Si](C)(C)C(C)(C)C)CC(C)(C)C2. The number of ether oxygens (including phenoxy) is 1. The summed E-state index contributed by atoms with van der Waals surface area (Å²) in [5.41, 5.74) is 4.91. The van der Waals surface area contributed by atoms with Gasteiger partial charge in [-0.25, -0.2) is 0 Å². The van der Waals surface area contributed by atoms with Crippen LogP contribution in [-0.2, 0) is 10.8 Å². The molecule has 1 N–H and O–H groups in total. The lowest BCUT2D eigenvalue weighted by Gasteiger charge is -2.44. The van der Waals surface area contributed by atoms with Gasteiger partial charge in [-0.1, -0.05) is 60.6 Å². The number of rotatable bonds is 6. The topological polar surface area (TPSA) is 51.6 Å². The van der Waals surface area contributed by atoms with E-state index in [0.29, 0.717) is 0 Å². The van der Waals surface area contributed by atoms with E-state index in [2.05, 4.69) is 84.2 Å². The van der Waals surface area contributed by atoms with Crippen molar-refractivity contribution in [2.24, 2.45) is 5.41 Å². The Bertz CT molecular complexity index is 1110. The van der Waals surface area contributed by atoms with Crippen LogP contribution in [0.3, 0.4) is 0 Å². The summed E-state index contributed by atoms with van der Waals surface area (Å²) in [6.07, 6.45) is 1.09. The Kier molecular flexibility index (Phi) is 8.72. The summed E-state index contributed by atoms with van der Waals surface area (Å²) in [5.74, 6) is 0.993. The van der Waals surface area contributed by atoms with E-state index in [1.165, 1.54) is 5.56 Å². The molecule has 0 unspecified atom stereocenters. The smallest absolute Gasteiger partial charge is 0.192 e. The second kappa shape index (κ2) is 10.5. The molecule has 0 fully saturated rings. The average Bonchev–Trinajstić information content (AvgIpc) is 2.70. The lowest BCUT2D eigenvalue weighted by Crippen LogP contribution is -2.44. The van der Waals surface area contributed by atoms with Gasteiger partial charge in [0.05, 0.1) is 11.8 Å². The average molecular weight is 638 g/mol. The van der Waals surface area contributed by atoms with Gasteiger partial charge in [-0.2, -0.15) is 0 Å². The maximum Gasteiger partial charge on any atom is 0.192 e. The number of halogens is 1.